The fourth-order valence-corrected chi connectivity index (χ4v) is 2.23. The topological polar surface area (TPSA) is 39.2 Å². The van der Waals surface area contributed by atoms with E-state index in [1.807, 2.05) is 5.38 Å². The fraction of sp³-hybridized carbons (Fsp3) is 0.429. The van der Waals surface area contributed by atoms with Crippen molar-refractivity contribution in [1.29, 1.82) is 0 Å². The second-order valence-electron chi connectivity index (χ2n) is 1.97. The third-order valence-corrected chi connectivity index (χ3v) is 3.14. The lowest BCUT2D eigenvalue weighted by molar-refractivity contribution is -0.140. The smallest absolute Gasteiger partial charge is 0.306 e. The van der Waals surface area contributed by atoms with Crippen molar-refractivity contribution >= 4 is 29.1 Å². The van der Waals surface area contributed by atoms with E-state index in [4.69, 9.17) is 0 Å². The molecule has 1 aromatic rings. The number of rotatable bonds is 4. The molecular formula is C7H9NO2S2. The van der Waals surface area contributed by atoms with Crippen LogP contribution >= 0.6 is 23.1 Å². The molecule has 0 aliphatic rings. The van der Waals surface area contributed by atoms with Crippen LogP contribution in [0.5, 0.6) is 0 Å². The van der Waals surface area contributed by atoms with Crippen molar-refractivity contribution in [3.63, 3.8) is 0 Å². The van der Waals surface area contributed by atoms with Crippen LogP contribution in [-0.4, -0.2) is 23.8 Å². The van der Waals surface area contributed by atoms with Gasteiger partial charge in [0.25, 0.3) is 0 Å². The summed E-state index contributed by atoms with van der Waals surface area (Å²) in [4.78, 5) is 14.8. The lowest BCUT2D eigenvalue weighted by Crippen LogP contribution is -2.00. The Morgan fingerprint density at radius 1 is 1.83 bits per heavy atom. The number of carbonyl (C=O) groups excluding carboxylic acids is 1. The Hall–Kier alpha value is -0.550. The third kappa shape index (κ3) is 3.23. The van der Waals surface area contributed by atoms with Crippen molar-refractivity contribution < 1.29 is 9.53 Å². The second kappa shape index (κ2) is 5.16. The van der Waals surface area contributed by atoms with Crippen molar-refractivity contribution in [2.24, 2.45) is 0 Å². The molecule has 0 saturated carbocycles. The molecule has 5 heteroatoms. The molecule has 0 spiro atoms. The average molecular weight is 203 g/mol. The van der Waals surface area contributed by atoms with Crippen LogP contribution in [0.3, 0.4) is 0 Å². The zero-order valence-corrected chi connectivity index (χ0v) is 8.28. The number of ether oxygens (including phenoxy) is 1. The molecule has 66 valence electrons. The van der Waals surface area contributed by atoms with E-state index in [2.05, 4.69) is 9.72 Å². The van der Waals surface area contributed by atoms with Gasteiger partial charge in [-0.25, -0.2) is 4.98 Å². The maximum Gasteiger partial charge on any atom is 0.306 e. The molecule has 0 amide bonds. The van der Waals surface area contributed by atoms with Crippen LogP contribution in [-0.2, 0) is 9.53 Å². The Balaban J connectivity index is 2.15. The molecule has 0 aliphatic carbocycles. The monoisotopic (exact) mass is 203 g/mol. The molecule has 0 saturated heterocycles. The first-order valence-electron chi connectivity index (χ1n) is 3.42. The molecule has 0 atom stereocenters. The van der Waals surface area contributed by atoms with Crippen LogP contribution in [0.25, 0.3) is 0 Å². The minimum absolute atomic E-state index is 0.168. The van der Waals surface area contributed by atoms with Crippen molar-refractivity contribution in [2.45, 2.75) is 10.8 Å². The normalized spacial score (nSPS) is 9.75. The fourth-order valence-electron chi connectivity index (χ4n) is 0.605. The van der Waals surface area contributed by atoms with Crippen LogP contribution in [0.2, 0.25) is 0 Å². The minimum Gasteiger partial charge on any atom is -0.469 e. The summed E-state index contributed by atoms with van der Waals surface area (Å²) in [5.41, 5.74) is 0. The minimum atomic E-state index is -0.168. The number of thiazole rings is 1. The number of methoxy groups -OCH3 is 1. The Bertz CT molecular complexity index is 236. The van der Waals surface area contributed by atoms with Crippen LogP contribution in [0, 0.1) is 0 Å². The van der Waals surface area contributed by atoms with Crippen molar-refractivity contribution in [2.75, 3.05) is 12.9 Å². The van der Waals surface area contributed by atoms with Gasteiger partial charge in [-0.3, -0.25) is 4.79 Å². The van der Waals surface area contributed by atoms with Gasteiger partial charge in [-0.2, -0.15) is 0 Å². The summed E-state index contributed by atoms with van der Waals surface area (Å²) in [5, 5.41) is 1.92. The molecular weight excluding hydrogens is 194 g/mol. The molecule has 0 fully saturated rings. The van der Waals surface area contributed by atoms with Gasteiger partial charge in [-0.05, 0) is 0 Å². The lowest BCUT2D eigenvalue weighted by atomic mass is 10.5. The van der Waals surface area contributed by atoms with Crippen molar-refractivity contribution in [3.05, 3.63) is 11.6 Å². The Kier molecular flexibility index (Phi) is 4.10. The number of esters is 1. The number of nitrogens with zero attached hydrogens (tertiary/aromatic N) is 1. The highest BCUT2D eigenvalue weighted by atomic mass is 32.2. The predicted octanol–water partition coefficient (Wildman–Crippen LogP) is 1.80. The largest absolute Gasteiger partial charge is 0.469 e. The maximum atomic E-state index is 10.7. The van der Waals surface area contributed by atoms with Crippen LogP contribution < -0.4 is 0 Å². The quantitative estimate of drug-likeness (QED) is 0.552. The predicted molar refractivity (Wildman–Crippen MR) is 49.5 cm³/mol. The molecule has 0 N–H and O–H groups in total. The number of hydrogen-bond donors (Lipinski definition) is 0. The van der Waals surface area contributed by atoms with Gasteiger partial charge in [0, 0.05) is 17.3 Å². The highest BCUT2D eigenvalue weighted by molar-refractivity contribution is 8.01. The molecule has 3 nitrogen and oxygen atoms in total. The van der Waals surface area contributed by atoms with Gasteiger partial charge in [0.2, 0.25) is 0 Å². The Morgan fingerprint density at radius 2 is 2.67 bits per heavy atom. The highest BCUT2D eigenvalue weighted by Crippen LogP contribution is 2.20. The molecule has 0 aromatic carbocycles. The van der Waals surface area contributed by atoms with Gasteiger partial charge in [-0.1, -0.05) is 11.8 Å². The first-order chi connectivity index (χ1) is 5.83. The van der Waals surface area contributed by atoms with E-state index in [0.29, 0.717) is 6.42 Å². The number of aromatic nitrogens is 1. The third-order valence-electron chi connectivity index (χ3n) is 1.17. The van der Waals surface area contributed by atoms with Crippen LogP contribution in [0.15, 0.2) is 15.9 Å². The van der Waals surface area contributed by atoms with E-state index >= 15 is 0 Å². The van der Waals surface area contributed by atoms with E-state index in [0.717, 1.165) is 10.1 Å². The van der Waals surface area contributed by atoms with Gasteiger partial charge in [0.05, 0.1) is 13.5 Å². The van der Waals surface area contributed by atoms with E-state index in [1.165, 1.54) is 7.11 Å². The van der Waals surface area contributed by atoms with E-state index in [1.54, 1.807) is 29.3 Å². The summed E-state index contributed by atoms with van der Waals surface area (Å²) >= 11 is 3.16. The van der Waals surface area contributed by atoms with E-state index in [9.17, 15) is 4.79 Å². The summed E-state index contributed by atoms with van der Waals surface area (Å²) in [6.07, 6.45) is 2.20. The van der Waals surface area contributed by atoms with Gasteiger partial charge >= 0.3 is 5.97 Å². The number of hydrogen-bond acceptors (Lipinski definition) is 5. The average Bonchev–Trinajstić information content (AvgIpc) is 2.57. The maximum absolute atomic E-state index is 10.7. The molecule has 0 bridgehead atoms. The van der Waals surface area contributed by atoms with Gasteiger partial charge < -0.3 is 4.74 Å². The first kappa shape index (κ1) is 9.54. The second-order valence-corrected chi connectivity index (χ2v) is 4.21. The number of thioether (sulfide) groups is 1. The van der Waals surface area contributed by atoms with Crippen molar-refractivity contribution in [3.8, 4) is 0 Å². The highest BCUT2D eigenvalue weighted by Gasteiger charge is 2.01. The molecule has 0 unspecified atom stereocenters. The molecule has 1 heterocycles. The van der Waals surface area contributed by atoms with Gasteiger partial charge in [0.15, 0.2) is 0 Å². The summed E-state index contributed by atoms with van der Waals surface area (Å²) in [6.45, 7) is 0. The summed E-state index contributed by atoms with van der Waals surface area (Å²) in [6, 6.07) is 0. The van der Waals surface area contributed by atoms with Crippen molar-refractivity contribution in [1.82, 2.24) is 4.98 Å². The molecule has 0 aliphatic heterocycles. The van der Waals surface area contributed by atoms with Crippen LogP contribution in [0.4, 0.5) is 0 Å². The summed E-state index contributed by atoms with van der Waals surface area (Å²) in [7, 11) is 1.40. The Labute approximate surface area is 79.1 Å². The van der Waals surface area contributed by atoms with E-state index < -0.39 is 0 Å². The SMILES string of the molecule is COC(=O)CCSc1nccs1. The molecule has 12 heavy (non-hydrogen) atoms. The lowest BCUT2D eigenvalue weighted by Gasteiger charge is -1.96. The first-order valence-corrected chi connectivity index (χ1v) is 5.28. The van der Waals surface area contributed by atoms with Crippen LogP contribution in [0.1, 0.15) is 6.42 Å². The molecule has 1 aromatic heterocycles. The zero-order valence-electron chi connectivity index (χ0n) is 6.65. The summed E-state index contributed by atoms with van der Waals surface area (Å²) < 4.78 is 5.50. The molecule has 1 rings (SSSR count). The summed E-state index contributed by atoms with van der Waals surface area (Å²) in [5.74, 6) is 0.569. The Morgan fingerprint density at radius 3 is 3.25 bits per heavy atom. The molecule has 0 radical (unpaired) electrons. The van der Waals surface area contributed by atoms with Gasteiger partial charge in [-0.15, -0.1) is 11.3 Å². The zero-order chi connectivity index (χ0) is 8.81. The van der Waals surface area contributed by atoms with Gasteiger partial charge in [0.1, 0.15) is 4.34 Å². The number of carbonyl (C=O) groups is 1. The standard InChI is InChI=1S/C7H9NO2S2/c1-10-6(9)2-4-11-7-8-3-5-12-7/h3,5H,2,4H2,1H3. The van der Waals surface area contributed by atoms with E-state index in [-0.39, 0.29) is 5.97 Å².